The molecular formula is C48H63N13O12S. The van der Waals surface area contributed by atoms with Crippen LogP contribution in [0.5, 0.6) is 5.75 Å². The van der Waals surface area contributed by atoms with Gasteiger partial charge in [0.2, 0.25) is 41.4 Å². The maximum atomic E-state index is 14.5. The molecule has 0 spiro atoms. The SMILES string of the molecule is NC(N)=NCCC[C@H](NC(=O)[C@@H](N)CC(=O)O)C(=O)N[C@H]1CS/C=C/CC[C@@H](C(=O)N[C@@H](Cc2cnc[nH]2)C(=O)N2CCC[C@H]2C(=O)N[C@@H](Cc2ccccc2)C(=O)O)NC(=O)[C@H](Cc2ccc(O)cc2)NC1=O. The first-order chi connectivity index (χ1) is 35.4. The van der Waals surface area contributed by atoms with Crippen molar-refractivity contribution in [1.82, 2.24) is 46.8 Å². The molecule has 398 valence electrons. The Labute approximate surface area is 429 Å². The van der Waals surface area contributed by atoms with Crippen LogP contribution in [0.1, 0.15) is 61.8 Å². The van der Waals surface area contributed by atoms with Crippen LogP contribution in [0.4, 0.5) is 0 Å². The number of allylic oxidation sites excluding steroid dienone is 1. The van der Waals surface area contributed by atoms with E-state index >= 15 is 0 Å². The van der Waals surface area contributed by atoms with Gasteiger partial charge in [-0.1, -0.05) is 48.5 Å². The van der Waals surface area contributed by atoms with Crippen LogP contribution in [0.3, 0.4) is 0 Å². The van der Waals surface area contributed by atoms with E-state index in [-0.39, 0.29) is 81.9 Å². The number of aromatic hydroxyl groups is 1. The number of H-pyrrole nitrogens is 1. The fourth-order valence-electron chi connectivity index (χ4n) is 8.14. The number of phenolic OH excluding ortho intramolecular Hbond substituents is 1. The number of aliphatic imine (C=N–C) groups is 1. The van der Waals surface area contributed by atoms with Gasteiger partial charge < -0.3 is 74.3 Å². The minimum Gasteiger partial charge on any atom is -0.508 e. The number of thioether (sulfide) groups is 1. The summed E-state index contributed by atoms with van der Waals surface area (Å²) in [6, 6.07) is 3.96. The normalized spacial score (nSPS) is 20.2. The van der Waals surface area contributed by atoms with Crippen molar-refractivity contribution in [1.29, 1.82) is 0 Å². The van der Waals surface area contributed by atoms with Gasteiger partial charge in [-0.05, 0) is 67.2 Å². The number of imidazole rings is 1. The molecule has 2 aliphatic heterocycles. The smallest absolute Gasteiger partial charge is 0.326 e. The van der Waals surface area contributed by atoms with Crippen molar-refractivity contribution < 1.29 is 58.5 Å². The molecule has 3 aromatic rings. The Hall–Kier alpha value is -8.00. The number of carboxylic acids is 2. The van der Waals surface area contributed by atoms with Crippen LogP contribution in [-0.4, -0.2) is 157 Å². The number of carbonyl (C=O) groups is 9. The molecule has 0 aliphatic carbocycles. The number of benzene rings is 2. The number of aromatic amines is 1. The average molecular weight is 1050 g/mol. The van der Waals surface area contributed by atoms with Crippen LogP contribution in [0.15, 0.2) is 83.6 Å². The second-order valence-electron chi connectivity index (χ2n) is 17.7. The number of amides is 7. The van der Waals surface area contributed by atoms with E-state index in [9.17, 15) is 58.5 Å². The highest BCUT2D eigenvalue weighted by atomic mass is 32.2. The number of phenols is 1. The highest BCUT2D eigenvalue weighted by Gasteiger charge is 2.40. The second-order valence-corrected chi connectivity index (χ2v) is 18.6. The summed E-state index contributed by atoms with van der Waals surface area (Å²) in [7, 11) is 0. The van der Waals surface area contributed by atoms with E-state index in [2.05, 4.69) is 46.9 Å². The first-order valence-corrected chi connectivity index (χ1v) is 24.9. The first-order valence-electron chi connectivity index (χ1n) is 23.8. The monoisotopic (exact) mass is 1050 g/mol. The van der Waals surface area contributed by atoms with E-state index in [1.807, 2.05) is 0 Å². The number of likely N-dealkylation sites (tertiary alicyclic amines) is 1. The number of aromatic nitrogens is 2. The van der Waals surface area contributed by atoms with E-state index in [0.29, 0.717) is 23.2 Å². The van der Waals surface area contributed by atoms with Crippen molar-refractivity contribution in [2.75, 3.05) is 18.8 Å². The van der Waals surface area contributed by atoms with Gasteiger partial charge in [0.25, 0.3) is 0 Å². The molecule has 1 saturated heterocycles. The third kappa shape index (κ3) is 17.9. The lowest BCUT2D eigenvalue weighted by molar-refractivity contribution is -0.145. The molecule has 5 rings (SSSR count). The second kappa shape index (κ2) is 28.3. The number of nitrogens with zero attached hydrogens (tertiary/aromatic N) is 3. The maximum absolute atomic E-state index is 14.5. The van der Waals surface area contributed by atoms with Gasteiger partial charge in [0.15, 0.2) is 5.96 Å². The lowest BCUT2D eigenvalue weighted by Crippen LogP contribution is -2.61. The third-order valence-corrected chi connectivity index (χ3v) is 12.9. The Morgan fingerprint density at radius 2 is 1.58 bits per heavy atom. The van der Waals surface area contributed by atoms with Crippen molar-refractivity contribution in [3.05, 3.63) is 95.4 Å². The average Bonchev–Trinajstić information content (AvgIpc) is 4.08. The molecule has 25 nitrogen and oxygen atoms in total. The lowest BCUT2D eigenvalue weighted by Gasteiger charge is -2.30. The zero-order valence-corrected chi connectivity index (χ0v) is 41.1. The highest BCUT2D eigenvalue weighted by Crippen LogP contribution is 2.21. The molecule has 0 saturated carbocycles. The summed E-state index contributed by atoms with van der Waals surface area (Å²) in [5, 5.41) is 46.6. The van der Waals surface area contributed by atoms with Gasteiger partial charge in [0.1, 0.15) is 48.0 Å². The number of carbonyl (C=O) groups excluding carboxylic acids is 7. The summed E-state index contributed by atoms with van der Waals surface area (Å²) >= 11 is 1.11. The zero-order valence-electron chi connectivity index (χ0n) is 40.3. The van der Waals surface area contributed by atoms with Crippen LogP contribution in [0, 0.1) is 0 Å². The van der Waals surface area contributed by atoms with E-state index in [0.717, 1.165) is 11.8 Å². The predicted octanol–water partition coefficient (Wildman–Crippen LogP) is -1.98. The highest BCUT2D eigenvalue weighted by molar-refractivity contribution is 8.02. The molecule has 0 radical (unpaired) electrons. The maximum Gasteiger partial charge on any atom is 0.326 e. The van der Waals surface area contributed by atoms with Crippen molar-refractivity contribution in [2.24, 2.45) is 22.2 Å². The Bertz CT molecular complexity index is 2490. The summed E-state index contributed by atoms with van der Waals surface area (Å²) in [6.45, 7) is 0.188. The Kier molecular flexibility index (Phi) is 21.8. The van der Waals surface area contributed by atoms with E-state index in [4.69, 9.17) is 17.2 Å². The summed E-state index contributed by atoms with van der Waals surface area (Å²) in [5.41, 5.74) is 18.2. The van der Waals surface area contributed by atoms with Gasteiger partial charge in [0.05, 0.1) is 18.8 Å². The summed E-state index contributed by atoms with van der Waals surface area (Å²) in [5.74, 6) is -8.54. The number of nitrogens with two attached hydrogens (primary N) is 3. The molecule has 16 N–H and O–H groups in total. The largest absolute Gasteiger partial charge is 0.508 e. The van der Waals surface area contributed by atoms with Crippen LogP contribution < -0.4 is 49.1 Å². The summed E-state index contributed by atoms with van der Waals surface area (Å²) in [4.78, 5) is 134. The van der Waals surface area contributed by atoms with Gasteiger partial charge in [0, 0.05) is 50.0 Å². The minimum atomic E-state index is -1.51. The fourth-order valence-corrected chi connectivity index (χ4v) is 8.95. The van der Waals surface area contributed by atoms with Crippen LogP contribution in [0.25, 0.3) is 0 Å². The van der Waals surface area contributed by atoms with Crippen molar-refractivity contribution in [3.63, 3.8) is 0 Å². The Morgan fingerprint density at radius 1 is 0.851 bits per heavy atom. The van der Waals surface area contributed by atoms with Crippen LogP contribution >= 0.6 is 11.8 Å². The number of aliphatic carboxylic acids is 2. The minimum absolute atomic E-state index is 0.00157. The van der Waals surface area contributed by atoms with Gasteiger partial charge in [-0.25, -0.2) is 9.78 Å². The van der Waals surface area contributed by atoms with E-state index in [1.165, 1.54) is 41.7 Å². The van der Waals surface area contributed by atoms with Gasteiger partial charge in [-0.15, -0.1) is 11.8 Å². The lowest BCUT2D eigenvalue weighted by atomic mass is 10.0. The standard InChI is InChI=1S/C48H63N13O12S/c49-31(23-39(63)64)40(65)55-33(11-6-17-53-48(50)51)42(67)60-37-25-74-19-5-4-10-32(56-43(68)34(57-44(37)69)20-28-13-15-30(62)16-14-28)41(66)58-35(22-29-24-52-26-54-29)46(71)61-18-7-12-38(61)45(70)59-36(47(72)73)21-27-8-2-1-3-9-27/h1-3,5,8-9,13-16,19,24,26,31-38,62H,4,6-7,10-12,17-18,20-23,25,49H2,(H,52,54)(H,55,65)(H,56,68)(H,57,69)(H,58,66)(H,59,70)(H,60,67)(H,63,64)(H,72,73)(H4,50,51,53)/b19-5+/t31-,32-,33-,34-,35-,36-,37-,38-/m0/s1. The molecule has 2 aliphatic rings. The van der Waals surface area contributed by atoms with Crippen LogP contribution in [0.2, 0.25) is 0 Å². The van der Waals surface area contributed by atoms with E-state index in [1.54, 1.807) is 41.8 Å². The molecule has 0 bridgehead atoms. The van der Waals surface area contributed by atoms with Crippen molar-refractivity contribution >= 4 is 71.0 Å². The Balaban J connectivity index is 1.37. The van der Waals surface area contributed by atoms with Gasteiger partial charge >= 0.3 is 11.9 Å². The third-order valence-electron chi connectivity index (χ3n) is 12.0. The molecular weight excluding hydrogens is 983 g/mol. The van der Waals surface area contributed by atoms with Crippen LogP contribution in [-0.2, 0) is 62.4 Å². The predicted molar refractivity (Wildman–Crippen MR) is 269 cm³/mol. The van der Waals surface area contributed by atoms with Gasteiger partial charge in [-0.2, -0.15) is 0 Å². The number of nitrogens with one attached hydrogen (secondary N) is 7. The van der Waals surface area contributed by atoms with Crippen molar-refractivity contribution in [2.45, 2.75) is 113 Å². The van der Waals surface area contributed by atoms with Crippen molar-refractivity contribution in [3.8, 4) is 5.75 Å². The fraction of sp³-hybridized carbons (Fsp3) is 0.438. The number of hydrogen-bond acceptors (Lipinski definition) is 14. The molecule has 1 aromatic heterocycles. The Morgan fingerprint density at radius 3 is 2.26 bits per heavy atom. The number of rotatable bonds is 22. The molecule has 8 atom stereocenters. The molecule has 3 heterocycles. The molecule has 74 heavy (non-hydrogen) atoms. The number of hydrogen-bond donors (Lipinski definition) is 13. The molecule has 2 aromatic carbocycles. The quantitative estimate of drug-likeness (QED) is 0.0295. The molecule has 7 amide bonds. The molecule has 0 unspecified atom stereocenters. The number of guanidine groups is 1. The van der Waals surface area contributed by atoms with E-state index < -0.39 is 108 Å². The topological polar surface area (TPSA) is 409 Å². The zero-order chi connectivity index (χ0) is 53.7. The molecule has 26 heteroatoms. The summed E-state index contributed by atoms with van der Waals surface area (Å²) < 4.78 is 0. The summed E-state index contributed by atoms with van der Waals surface area (Å²) in [6.07, 6.45) is 4.44. The molecule has 1 fully saturated rings. The first kappa shape index (κ1) is 56.9. The van der Waals surface area contributed by atoms with Gasteiger partial charge in [-0.3, -0.25) is 43.3 Å². The number of carboxylic acid groups (broad SMARTS) is 2.